The molecule has 1 amide bonds. The molecule has 3 saturated heterocycles. The van der Waals surface area contributed by atoms with Crippen LogP contribution < -0.4 is 0 Å². The summed E-state index contributed by atoms with van der Waals surface area (Å²) in [6.07, 6.45) is 0. The summed E-state index contributed by atoms with van der Waals surface area (Å²) in [5, 5.41) is 0. The van der Waals surface area contributed by atoms with E-state index in [0.29, 0.717) is 13.2 Å². The lowest BCUT2D eigenvalue weighted by atomic mass is 9.91. The van der Waals surface area contributed by atoms with E-state index >= 15 is 0 Å². The van der Waals surface area contributed by atoms with Crippen molar-refractivity contribution in [2.75, 3.05) is 19.7 Å². The van der Waals surface area contributed by atoms with Crippen molar-refractivity contribution in [1.82, 2.24) is 9.80 Å². The third-order valence-electron chi connectivity index (χ3n) is 6.42. The zero-order valence-electron chi connectivity index (χ0n) is 15.3. The number of benzene rings is 2. The summed E-state index contributed by atoms with van der Waals surface area (Å²) in [5.74, 6) is 0.270. The minimum Gasteiger partial charge on any atom is -0.353 e. The largest absolute Gasteiger partial charge is 0.353 e. The van der Waals surface area contributed by atoms with Gasteiger partial charge < -0.3 is 9.64 Å². The van der Waals surface area contributed by atoms with E-state index in [9.17, 15) is 4.79 Å². The maximum Gasteiger partial charge on any atom is 0.244 e. The molecule has 140 valence electrons. The quantitative estimate of drug-likeness (QED) is 0.703. The Kier molecular flexibility index (Phi) is 3.97. The van der Waals surface area contributed by atoms with Crippen molar-refractivity contribution in [3.05, 3.63) is 71.8 Å². The standard InChI is InChI=1S/C22H23BrN2O2/c1-21-19-13-24(12-16-8-4-2-5-9-16)15-22(19,23)20(26)25(21)18(14-27-21)17-10-6-3-7-11-17/h2-11,18-19H,12-15H2,1H3/t18-,19-,21-,22+/m1/s1. The minimum atomic E-state index is -0.565. The Morgan fingerprint density at radius 3 is 2.48 bits per heavy atom. The molecule has 4 nitrogen and oxygen atoms in total. The second kappa shape index (κ2) is 6.16. The van der Waals surface area contributed by atoms with Gasteiger partial charge in [-0.1, -0.05) is 76.6 Å². The van der Waals surface area contributed by atoms with E-state index in [1.54, 1.807) is 0 Å². The molecule has 5 heteroatoms. The lowest BCUT2D eigenvalue weighted by molar-refractivity contribution is -0.140. The molecule has 0 N–H and O–H groups in total. The van der Waals surface area contributed by atoms with Crippen molar-refractivity contribution >= 4 is 21.8 Å². The molecule has 0 spiro atoms. The smallest absolute Gasteiger partial charge is 0.244 e. The fourth-order valence-electron chi connectivity index (χ4n) is 5.11. The van der Waals surface area contributed by atoms with Crippen molar-refractivity contribution < 1.29 is 9.53 Å². The fourth-order valence-corrected chi connectivity index (χ4v) is 6.22. The molecule has 4 atom stereocenters. The zero-order valence-corrected chi connectivity index (χ0v) is 16.9. The number of nitrogens with zero attached hydrogens (tertiary/aromatic N) is 2. The van der Waals surface area contributed by atoms with Gasteiger partial charge in [0.15, 0.2) is 0 Å². The number of amides is 1. The molecule has 2 aromatic rings. The van der Waals surface area contributed by atoms with Crippen molar-refractivity contribution in [2.45, 2.75) is 29.6 Å². The highest BCUT2D eigenvalue weighted by Crippen LogP contribution is 2.57. The van der Waals surface area contributed by atoms with Crippen LogP contribution in [0.25, 0.3) is 0 Å². The van der Waals surface area contributed by atoms with E-state index in [-0.39, 0.29) is 17.9 Å². The number of hydrogen-bond donors (Lipinski definition) is 0. The van der Waals surface area contributed by atoms with Crippen LogP contribution in [0.2, 0.25) is 0 Å². The first-order valence-corrected chi connectivity index (χ1v) is 10.3. The Morgan fingerprint density at radius 2 is 1.78 bits per heavy atom. The SMILES string of the molecule is C[C@]12OC[C@H](c3ccccc3)N1C(=O)[C@]1(Br)CN(Cc3ccccc3)C[C@@H]12. The lowest BCUT2D eigenvalue weighted by Crippen LogP contribution is -2.46. The number of hydrogen-bond acceptors (Lipinski definition) is 3. The maximum atomic E-state index is 13.5. The predicted molar refractivity (Wildman–Crippen MR) is 107 cm³/mol. The first-order valence-electron chi connectivity index (χ1n) is 9.50. The fraction of sp³-hybridized carbons (Fsp3) is 0.409. The van der Waals surface area contributed by atoms with Gasteiger partial charge >= 0.3 is 0 Å². The molecule has 3 aliphatic rings. The molecule has 0 saturated carbocycles. The Balaban J connectivity index is 1.43. The molecule has 2 aromatic carbocycles. The number of fused-ring (bicyclic) bond motifs is 3. The summed E-state index contributed by atoms with van der Waals surface area (Å²) in [6, 6.07) is 20.7. The van der Waals surface area contributed by atoms with Crippen LogP contribution >= 0.6 is 15.9 Å². The summed E-state index contributed by atoms with van der Waals surface area (Å²) >= 11 is 3.87. The molecule has 0 aromatic heterocycles. The van der Waals surface area contributed by atoms with Gasteiger partial charge in [-0.2, -0.15) is 0 Å². The van der Waals surface area contributed by atoms with Gasteiger partial charge in [-0.25, -0.2) is 0 Å². The van der Waals surface area contributed by atoms with Gasteiger partial charge in [-0.15, -0.1) is 0 Å². The van der Waals surface area contributed by atoms with Gasteiger partial charge in [0.25, 0.3) is 0 Å². The van der Waals surface area contributed by atoms with Crippen LogP contribution in [0.1, 0.15) is 24.1 Å². The summed E-state index contributed by atoms with van der Waals surface area (Å²) < 4.78 is 5.76. The topological polar surface area (TPSA) is 32.8 Å². The molecular formula is C22H23BrN2O2. The number of halogens is 1. The zero-order chi connectivity index (χ0) is 18.6. The number of carbonyl (C=O) groups excluding carboxylic acids is 1. The average molecular weight is 427 g/mol. The molecule has 27 heavy (non-hydrogen) atoms. The van der Waals surface area contributed by atoms with Gasteiger partial charge in [-0.05, 0) is 18.1 Å². The first kappa shape index (κ1) is 17.4. The van der Waals surface area contributed by atoms with Crippen LogP contribution in [0.3, 0.4) is 0 Å². The predicted octanol–water partition coefficient (Wildman–Crippen LogP) is 3.58. The van der Waals surface area contributed by atoms with Crippen LogP contribution in [-0.4, -0.2) is 45.5 Å². The van der Waals surface area contributed by atoms with E-state index in [1.165, 1.54) is 5.56 Å². The van der Waals surface area contributed by atoms with Crippen LogP contribution in [0, 0.1) is 5.92 Å². The average Bonchev–Trinajstić information content (AvgIpc) is 3.25. The van der Waals surface area contributed by atoms with E-state index < -0.39 is 10.0 Å². The Bertz CT molecular complexity index is 861. The Hall–Kier alpha value is -1.69. The van der Waals surface area contributed by atoms with Crippen LogP contribution in [0.4, 0.5) is 0 Å². The van der Waals surface area contributed by atoms with Crippen molar-refractivity contribution in [2.24, 2.45) is 5.92 Å². The molecule has 0 aliphatic carbocycles. The number of rotatable bonds is 3. The number of alkyl halides is 1. The number of carbonyl (C=O) groups is 1. The third-order valence-corrected chi connectivity index (χ3v) is 7.57. The third kappa shape index (κ3) is 2.52. The van der Waals surface area contributed by atoms with Crippen LogP contribution in [0.5, 0.6) is 0 Å². The van der Waals surface area contributed by atoms with Gasteiger partial charge in [0.1, 0.15) is 10.0 Å². The molecule has 3 aliphatic heterocycles. The van der Waals surface area contributed by atoms with Gasteiger partial charge in [0.2, 0.25) is 5.91 Å². The highest BCUT2D eigenvalue weighted by atomic mass is 79.9. The monoisotopic (exact) mass is 426 g/mol. The molecular weight excluding hydrogens is 404 g/mol. The highest BCUT2D eigenvalue weighted by molar-refractivity contribution is 9.10. The van der Waals surface area contributed by atoms with Gasteiger partial charge in [0.05, 0.1) is 12.6 Å². The summed E-state index contributed by atoms with van der Waals surface area (Å²) in [7, 11) is 0. The van der Waals surface area contributed by atoms with E-state index in [2.05, 4.69) is 64.2 Å². The van der Waals surface area contributed by atoms with Crippen LogP contribution in [-0.2, 0) is 16.1 Å². The second-order valence-corrected chi connectivity index (χ2v) is 9.45. The summed E-state index contributed by atoms with van der Waals surface area (Å²) in [4.78, 5) is 17.9. The normalized spacial score (nSPS) is 35.5. The Labute approximate surface area is 168 Å². The van der Waals surface area contributed by atoms with Gasteiger partial charge in [-0.3, -0.25) is 9.69 Å². The summed E-state index contributed by atoms with van der Waals surface area (Å²) in [6.45, 7) is 5.07. The molecule has 3 fully saturated rings. The van der Waals surface area contributed by atoms with E-state index in [0.717, 1.165) is 18.7 Å². The molecule has 0 radical (unpaired) electrons. The summed E-state index contributed by atoms with van der Waals surface area (Å²) in [5.41, 5.74) is 1.86. The Morgan fingerprint density at radius 1 is 1.11 bits per heavy atom. The van der Waals surface area contributed by atoms with Crippen LogP contribution in [0.15, 0.2) is 60.7 Å². The number of ether oxygens (including phenoxy) is 1. The molecule has 3 heterocycles. The van der Waals surface area contributed by atoms with Crippen molar-refractivity contribution in [3.8, 4) is 0 Å². The first-order chi connectivity index (χ1) is 13.0. The molecule has 5 rings (SSSR count). The lowest BCUT2D eigenvalue weighted by Gasteiger charge is -2.34. The van der Waals surface area contributed by atoms with Crippen molar-refractivity contribution in [1.29, 1.82) is 0 Å². The van der Waals surface area contributed by atoms with Crippen molar-refractivity contribution in [3.63, 3.8) is 0 Å². The van der Waals surface area contributed by atoms with Gasteiger partial charge in [0, 0.05) is 25.6 Å². The number of likely N-dealkylation sites (tertiary alicyclic amines) is 1. The molecule has 0 bridgehead atoms. The van der Waals surface area contributed by atoms with E-state index in [1.807, 2.05) is 29.2 Å². The van der Waals surface area contributed by atoms with E-state index in [4.69, 9.17) is 4.74 Å². The maximum absolute atomic E-state index is 13.5. The second-order valence-electron chi connectivity index (χ2n) is 8.04. The molecule has 0 unspecified atom stereocenters. The minimum absolute atomic E-state index is 0.00806. The highest BCUT2D eigenvalue weighted by Gasteiger charge is 2.71.